The highest BCUT2D eigenvalue weighted by molar-refractivity contribution is 5.50. The third-order valence-electron chi connectivity index (χ3n) is 3.56. The summed E-state index contributed by atoms with van der Waals surface area (Å²) in [5, 5.41) is 0. The van der Waals surface area contributed by atoms with Crippen molar-refractivity contribution in [3.63, 3.8) is 0 Å². The molecule has 0 fully saturated rings. The fraction of sp³-hybridized carbons (Fsp3) is 0.941. The minimum Gasteiger partial charge on any atom is -0.291 e. The van der Waals surface area contributed by atoms with E-state index in [4.69, 9.17) is 0 Å². The lowest BCUT2D eigenvalue weighted by atomic mass is 10.0. The third-order valence-corrected chi connectivity index (χ3v) is 3.56. The van der Waals surface area contributed by atoms with E-state index in [-0.39, 0.29) is 0 Å². The topological polar surface area (TPSA) is 17.1 Å². The Kier molecular flexibility index (Phi) is 14.5. The minimum absolute atomic E-state index is 0.635. The summed E-state index contributed by atoms with van der Waals surface area (Å²) in [6.07, 6.45) is 18.8. The van der Waals surface area contributed by atoms with Crippen LogP contribution in [-0.2, 0) is 4.79 Å². The molecule has 18 heavy (non-hydrogen) atoms. The van der Waals surface area contributed by atoms with Gasteiger partial charge < -0.3 is 0 Å². The van der Waals surface area contributed by atoms with Crippen molar-refractivity contribution in [3.8, 4) is 0 Å². The van der Waals surface area contributed by atoms with E-state index in [9.17, 15) is 4.79 Å². The highest BCUT2D eigenvalue weighted by Gasteiger charge is 1.95. The standard InChI is InChI=1S/C17H33O/c1-17(2)15-13-11-9-7-5-3-4-6-8-10-12-14-16-18/h17H,3-15H2,1-2H3. The van der Waals surface area contributed by atoms with Crippen LogP contribution in [-0.4, -0.2) is 6.29 Å². The van der Waals surface area contributed by atoms with E-state index in [0.717, 1.165) is 12.3 Å². The van der Waals surface area contributed by atoms with Crippen LogP contribution in [0.5, 0.6) is 0 Å². The van der Waals surface area contributed by atoms with Crippen molar-refractivity contribution in [1.82, 2.24) is 0 Å². The van der Waals surface area contributed by atoms with Gasteiger partial charge in [-0.15, -0.1) is 0 Å². The fourth-order valence-corrected chi connectivity index (χ4v) is 2.34. The highest BCUT2D eigenvalue weighted by Crippen LogP contribution is 2.13. The lowest BCUT2D eigenvalue weighted by Gasteiger charge is -2.04. The molecular formula is C17H33O. The Labute approximate surface area is 115 Å². The Hall–Kier alpha value is -0.330. The molecule has 0 heterocycles. The van der Waals surface area contributed by atoms with E-state index < -0.39 is 0 Å². The molecule has 1 heteroatoms. The van der Waals surface area contributed by atoms with Gasteiger partial charge in [0.25, 0.3) is 0 Å². The Bertz CT molecular complexity index is 163. The van der Waals surface area contributed by atoms with Crippen LogP contribution >= 0.6 is 0 Å². The van der Waals surface area contributed by atoms with Gasteiger partial charge in [-0.1, -0.05) is 84.5 Å². The van der Waals surface area contributed by atoms with Crippen molar-refractivity contribution < 1.29 is 4.79 Å². The molecule has 1 radical (unpaired) electrons. The molecule has 0 saturated carbocycles. The maximum atomic E-state index is 10.00. The first kappa shape index (κ1) is 17.7. The average Bonchev–Trinajstić information content (AvgIpc) is 2.34. The van der Waals surface area contributed by atoms with Gasteiger partial charge in [0.05, 0.1) is 0 Å². The van der Waals surface area contributed by atoms with E-state index in [0.29, 0.717) is 6.42 Å². The molecule has 0 N–H and O–H groups in total. The zero-order chi connectivity index (χ0) is 13.5. The summed E-state index contributed by atoms with van der Waals surface area (Å²) < 4.78 is 0. The van der Waals surface area contributed by atoms with Crippen LogP contribution in [0.4, 0.5) is 0 Å². The monoisotopic (exact) mass is 253 g/mol. The highest BCUT2D eigenvalue weighted by atomic mass is 16.1. The summed E-state index contributed by atoms with van der Waals surface area (Å²) in [6.45, 7) is 4.63. The van der Waals surface area contributed by atoms with Crippen molar-refractivity contribution >= 4 is 6.29 Å². The van der Waals surface area contributed by atoms with Gasteiger partial charge in [0.1, 0.15) is 0 Å². The second kappa shape index (κ2) is 14.7. The molecule has 0 amide bonds. The Morgan fingerprint density at radius 1 is 0.667 bits per heavy atom. The number of carbonyl (C=O) groups excluding carboxylic acids is 1. The molecule has 0 aromatic rings. The van der Waals surface area contributed by atoms with Gasteiger partial charge in [-0.2, -0.15) is 0 Å². The maximum absolute atomic E-state index is 10.00. The Morgan fingerprint density at radius 2 is 1.06 bits per heavy atom. The Balaban J connectivity index is 2.92. The zero-order valence-electron chi connectivity index (χ0n) is 12.7. The summed E-state index contributed by atoms with van der Waals surface area (Å²) in [4.78, 5) is 10.00. The zero-order valence-corrected chi connectivity index (χ0v) is 12.7. The van der Waals surface area contributed by atoms with Crippen molar-refractivity contribution in [2.75, 3.05) is 0 Å². The summed E-state index contributed by atoms with van der Waals surface area (Å²) in [6, 6.07) is 0. The molecule has 0 spiro atoms. The molecule has 0 bridgehead atoms. The van der Waals surface area contributed by atoms with Gasteiger partial charge in [-0.3, -0.25) is 4.79 Å². The van der Waals surface area contributed by atoms with E-state index in [2.05, 4.69) is 13.8 Å². The molecule has 0 aromatic heterocycles. The van der Waals surface area contributed by atoms with E-state index in [1.54, 1.807) is 0 Å². The lowest BCUT2D eigenvalue weighted by Crippen LogP contribution is -1.87. The quantitative estimate of drug-likeness (QED) is 0.356. The molecule has 0 atom stereocenters. The summed E-state index contributed by atoms with van der Waals surface area (Å²) >= 11 is 0. The van der Waals surface area contributed by atoms with Crippen molar-refractivity contribution in [2.45, 2.75) is 97.3 Å². The third kappa shape index (κ3) is 15.7. The van der Waals surface area contributed by atoms with Crippen LogP contribution < -0.4 is 0 Å². The molecule has 0 rings (SSSR count). The molecule has 0 aliphatic carbocycles. The molecule has 0 unspecified atom stereocenters. The van der Waals surface area contributed by atoms with Crippen LogP contribution in [0.15, 0.2) is 0 Å². The maximum Gasteiger partial charge on any atom is 0.198 e. The fourth-order valence-electron chi connectivity index (χ4n) is 2.34. The average molecular weight is 253 g/mol. The van der Waals surface area contributed by atoms with Gasteiger partial charge in [0, 0.05) is 6.42 Å². The van der Waals surface area contributed by atoms with Gasteiger partial charge in [0.2, 0.25) is 0 Å². The molecular weight excluding hydrogens is 220 g/mol. The van der Waals surface area contributed by atoms with Crippen LogP contribution in [0.2, 0.25) is 0 Å². The predicted octanol–water partition coefficient (Wildman–Crippen LogP) is 5.82. The molecule has 0 aliphatic heterocycles. The second-order valence-corrected chi connectivity index (χ2v) is 5.97. The van der Waals surface area contributed by atoms with Crippen LogP contribution in [0.1, 0.15) is 97.3 Å². The van der Waals surface area contributed by atoms with Crippen LogP contribution in [0.3, 0.4) is 0 Å². The van der Waals surface area contributed by atoms with E-state index in [1.165, 1.54) is 70.6 Å². The summed E-state index contributed by atoms with van der Waals surface area (Å²) in [7, 11) is 0. The first-order chi connectivity index (χ1) is 8.77. The Morgan fingerprint density at radius 3 is 1.44 bits per heavy atom. The number of hydrogen-bond acceptors (Lipinski definition) is 1. The normalized spacial score (nSPS) is 11.1. The lowest BCUT2D eigenvalue weighted by molar-refractivity contribution is 0.503. The first-order valence-corrected chi connectivity index (χ1v) is 8.12. The van der Waals surface area contributed by atoms with E-state index >= 15 is 0 Å². The van der Waals surface area contributed by atoms with Gasteiger partial charge in [-0.25, -0.2) is 0 Å². The van der Waals surface area contributed by atoms with Gasteiger partial charge >= 0.3 is 0 Å². The number of rotatable bonds is 14. The SMILES string of the molecule is CC(C)CCCCCCCCCCCCC[C]=O. The molecule has 0 aliphatic rings. The second-order valence-electron chi connectivity index (χ2n) is 5.97. The summed E-state index contributed by atoms with van der Waals surface area (Å²) in [5.74, 6) is 0.877. The van der Waals surface area contributed by atoms with Gasteiger partial charge in [0.15, 0.2) is 6.29 Å². The summed E-state index contributed by atoms with van der Waals surface area (Å²) in [5.41, 5.74) is 0. The number of hydrogen-bond donors (Lipinski definition) is 0. The van der Waals surface area contributed by atoms with Crippen LogP contribution in [0, 0.1) is 5.92 Å². The van der Waals surface area contributed by atoms with Gasteiger partial charge in [-0.05, 0) is 12.3 Å². The van der Waals surface area contributed by atoms with Crippen molar-refractivity contribution in [2.24, 2.45) is 5.92 Å². The van der Waals surface area contributed by atoms with Crippen molar-refractivity contribution in [3.05, 3.63) is 0 Å². The molecule has 0 aromatic carbocycles. The van der Waals surface area contributed by atoms with Crippen LogP contribution in [0.25, 0.3) is 0 Å². The first-order valence-electron chi connectivity index (χ1n) is 8.12. The predicted molar refractivity (Wildman–Crippen MR) is 80.6 cm³/mol. The smallest absolute Gasteiger partial charge is 0.198 e. The molecule has 1 nitrogen and oxygen atoms in total. The molecule has 0 saturated heterocycles. The van der Waals surface area contributed by atoms with E-state index in [1.807, 2.05) is 6.29 Å². The number of unbranched alkanes of at least 4 members (excludes halogenated alkanes) is 11. The van der Waals surface area contributed by atoms with Crippen molar-refractivity contribution in [1.29, 1.82) is 0 Å². The largest absolute Gasteiger partial charge is 0.291 e. The molecule has 107 valence electrons. The minimum atomic E-state index is 0.635.